The molecule has 1 aliphatic carbocycles. The quantitative estimate of drug-likeness (QED) is 0.839. The molecule has 0 saturated heterocycles. The number of methoxy groups -OCH3 is 1. The van der Waals surface area contributed by atoms with Gasteiger partial charge >= 0.3 is 0 Å². The number of hydrogen-bond acceptors (Lipinski definition) is 4. The lowest BCUT2D eigenvalue weighted by atomic mass is 9.99. The Hall–Kier alpha value is -1.62. The Bertz CT molecular complexity index is 514. The number of aryl methyl sites for hydroxylation is 1. The predicted molar refractivity (Wildman–Crippen MR) is 81.5 cm³/mol. The van der Waals surface area contributed by atoms with Gasteiger partial charge in [-0.1, -0.05) is 6.92 Å². The molecule has 1 N–H and O–H groups in total. The van der Waals surface area contributed by atoms with Crippen molar-refractivity contribution in [3.8, 4) is 5.88 Å². The first kappa shape index (κ1) is 15.8. The lowest BCUT2D eigenvalue weighted by Crippen LogP contribution is -2.44. The first-order chi connectivity index (χ1) is 10.0. The van der Waals surface area contributed by atoms with E-state index in [1.165, 1.54) is 0 Å². The SMILES string of the molecule is CCCOc1ccc(NC(=O)C(C)(OC)C2CC2)c(C)n1. The van der Waals surface area contributed by atoms with Gasteiger partial charge in [0.15, 0.2) is 0 Å². The van der Waals surface area contributed by atoms with Crippen molar-refractivity contribution in [2.24, 2.45) is 5.92 Å². The van der Waals surface area contributed by atoms with E-state index in [4.69, 9.17) is 9.47 Å². The molecule has 5 nitrogen and oxygen atoms in total. The first-order valence-electron chi connectivity index (χ1n) is 7.48. The number of aromatic nitrogens is 1. The fraction of sp³-hybridized carbons (Fsp3) is 0.625. The van der Waals surface area contributed by atoms with Crippen molar-refractivity contribution < 1.29 is 14.3 Å². The summed E-state index contributed by atoms with van der Waals surface area (Å²) in [5.41, 5.74) is 0.683. The number of rotatable bonds is 7. The zero-order valence-corrected chi connectivity index (χ0v) is 13.2. The number of pyridine rings is 1. The van der Waals surface area contributed by atoms with Crippen LogP contribution in [0, 0.1) is 12.8 Å². The molecule has 5 heteroatoms. The Morgan fingerprint density at radius 3 is 2.71 bits per heavy atom. The molecule has 1 saturated carbocycles. The maximum atomic E-state index is 12.5. The number of anilines is 1. The summed E-state index contributed by atoms with van der Waals surface area (Å²) in [6.07, 6.45) is 3.02. The largest absolute Gasteiger partial charge is 0.478 e. The van der Waals surface area contributed by atoms with Crippen LogP contribution in [0.25, 0.3) is 0 Å². The van der Waals surface area contributed by atoms with E-state index in [2.05, 4.69) is 10.3 Å². The van der Waals surface area contributed by atoms with Gasteiger partial charge in [-0.15, -0.1) is 0 Å². The molecular weight excluding hydrogens is 268 g/mol. The maximum Gasteiger partial charge on any atom is 0.256 e. The highest BCUT2D eigenvalue weighted by Crippen LogP contribution is 2.42. The van der Waals surface area contributed by atoms with Gasteiger partial charge in [0.2, 0.25) is 5.88 Å². The lowest BCUT2D eigenvalue weighted by molar-refractivity contribution is -0.138. The van der Waals surface area contributed by atoms with Crippen LogP contribution in [0.5, 0.6) is 5.88 Å². The van der Waals surface area contributed by atoms with Gasteiger partial charge in [-0.25, -0.2) is 4.98 Å². The van der Waals surface area contributed by atoms with E-state index >= 15 is 0 Å². The number of carbonyl (C=O) groups is 1. The van der Waals surface area contributed by atoms with Gasteiger partial charge in [0.25, 0.3) is 5.91 Å². The zero-order chi connectivity index (χ0) is 15.5. The number of nitrogens with one attached hydrogen (secondary N) is 1. The Morgan fingerprint density at radius 2 is 2.19 bits per heavy atom. The third kappa shape index (κ3) is 3.53. The molecule has 21 heavy (non-hydrogen) atoms. The summed E-state index contributed by atoms with van der Waals surface area (Å²) in [5, 5.41) is 2.92. The second-order valence-corrected chi connectivity index (χ2v) is 5.67. The van der Waals surface area contributed by atoms with Gasteiger partial charge in [0.05, 0.1) is 18.0 Å². The van der Waals surface area contributed by atoms with Crippen molar-refractivity contribution in [1.29, 1.82) is 0 Å². The molecule has 1 amide bonds. The minimum Gasteiger partial charge on any atom is -0.478 e. The van der Waals surface area contributed by atoms with Crippen molar-refractivity contribution in [3.05, 3.63) is 17.8 Å². The van der Waals surface area contributed by atoms with E-state index in [9.17, 15) is 4.79 Å². The smallest absolute Gasteiger partial charge is 0.256 e. The van der Waals surface area contributed by atoms with Crippen molar-refractivity contribution in [3.63, 3.8) is 0 Å². The Balaban J connectivity index is 2.07. The van der Waals surface area contributed by atoms with E-state index in [0.717, 1.165) is 25.0 Å². The molecule has 116 valence electrons. The van der Waals surface area contributed by atoms with Gasteiger partial charge in [0, 0.05) is 13.2 Å². The molecular formula is C16H24N2O3. The third-order valence-corrected chi connectivity index (χ3v) is 3.99. The number of amides is 1. The molecule has 1 fully saturated rings. The maximum absolute atomic E-state index is 12.5. The highest BCUT2D eigenvalue weighted by molar-refractivity contribution is 5.98. The third-order valence-electron chi connectivity index (χ3n) is 3.99. The van der Waals surface area contributed by atoms with Crippen LogP contribution in [0.2, 0.25) is 0 Å². The van der Waals surface area contributed by atoms with E-state index in [1.807, 2.05) is 26.8 Å². The van der Waals surface area contributed by atoms with Crippen LogP contribution in [0.15, 0.2) is 12.1 Å². The summed E-state index contributed by atoms with van der Waals surface area (Å²) in [6, 6.07) is 3.60. The van der Waals surface area contributed by atoms with Gasteiger partial charge in [-0.2, -0.15) is 0 Å². The monoisotopic (exact) mass is 292 g/mol. The molecule has 0 radical (unpaired) electrons. The van der Waals surface area contributed by atoms with Gasteiger partial charge in [0.1, 0.15) is 5.60 Å². The molecule has 1 unspecified atom stereocenters. The topological polar surface area (TPSA) is 60.5 Å². The fourth-order valence-electron chi connectivity index (χ4n) is 2.28. The first-order valence-corrected chi connectivity index (χ1v) is 7.48. The summed E-state index contributed by atoms with van der Waals surface area (Å²) in [6.45, 7) is 6.39. The van der Waals surface area contributed by atoms with Crippen LogP contribution >= 0.6 is 0 Å². The molecule has 0 spiro atoms. The lowest BCUT2D eigenvalue weighted by Gasteiger charge is -2.27. The molecule has 1 atom stereocenters. The molecule has 0 bridgehead atoms. The van der Waals surface area contributed by atoms with Gasteiger partial charge < -0.3 is 14.8 Å². The Labute approximate surface area is 126 Å². The summed E-state index contributed by atoms with van der Waals surface area (Å²) in [4.78, 5) is 16.8. The molecule has 0 aliphatic heterocycles. The highest BCUT2D eigenvalue weighted by Gasteiger charge is 2.47. The van der Waals surface area contributed by atoms with Crippen LogP contribution in [-0.4, -0.2) is 30.2 Å². The molecule has 1 aliphatic rings. The minimum absolute atomic E-state index is 0.111. The molecule has 1 heterocycles. The summed E-state index contributed by atoms with van der Waals surface area (Å²) in [5.74, 6) is 0.784. The minimum atomic E-state index is -0.760. The standard InChI is InChI=1S/C16H24N2O3/c1-5-10-21-14-9-8-13(11(2)17-14)18-15(19)16(3,20-4)12-6-7-12/h8-9,12H,5-7,10H2,1-4H3,(H,18,19). The molecule has 1 aromatic heterocycles. The van der Waals surface area contributed by atoms with Crippen molar-refractivity contribution >= 4 is 11.6 Å². The summed E-state index contributed by atoms with van der Waals surface area (Å²) >= 11 is 0. The van der Waals surface area contributed by atoms with Gasteiger partial charge in [-0.05, 0) is 45.1 Å². The van der Waals surface area contributed by atoms with Crippen LogP contribution < -0.4 is 10.1 Å². The van der Waals surface area contributed by atoms with E-state index < -0.39 is 5.60 Å². The van der Waals surface area contributed by atoms with Gasteiger partial charge in [-0.3, -0.25) is 4.79 Å². The second kappa shape index (κ2) is 6.43. The van der Waals surface area contributed by atoms with Crippen LogP contribution in [0.4, 0.5) is 5.69 Å². The average Bonchev–Trinajstić information content (AvgIpc) is 3.31. The number of ether oxygens (including phenoxy) is 2. The van der Waals surface area contributed by atoms with E-state index in [-0.39, 0.29) is 5.91 Å². The second-order valence-electron chi connectivity index (χ2n) is 5.67. The fourth-order valence-corrected chi connectivity index (χ4v) is 2.28. The van der Waals surface area contributed by atoms with Crippen LogP contribution in [-0.2, 0) is 9.53 Å². The number of nitrogens with zero attached hydrogens (tertiary/aromatic N) is 1. The van der Waals surface area contributed by atoms with Crippen LogP contribution in [0.1, 0.15) is 38.8 Å². The Kier molecular flexibility index (Phi) is 4.83. The highest BCUT2D eigenvalue weighted by atomic mass is 16.5. The summed E-state index contributed by atoms with van der Waals surface area (Å²) in [7, 11) is 1.59. The number of hydrogen-bond donors (Lipinski definition) is 1. The number of carbonyl (C=O) groups excluding carboxylic acids is 1. The summed E-state index contributed by atoms with van der Waals surface area (Å²) < 4.78 is 10.9. The molecule has 2 rings (SSSR count). The zero-order valence-electron chi connectivity index (χ0n) is 13.2. The van der Waals surface area contributed by atoms with Crippen molar-refractivity contribution in [1.82, 2.24) is 4.98 Å². The molecule has 1 aromatic rings. The molecule has 0 aromatic carbocycles. The van der Waals surface area contributed by atoms with E-state index in [0.29, 0.717) is 24.1 Å². The van der Waals surface area contributed by atoms with Crippen molar-refractivity contribution in [2.45, 2.75) is 45.6 Å². The van der Waals surface area contributed by atoms with Crippen molar-refractivity contribution in [2.75, 3.05) is 19.0 Å². The normalized spacial score (nSPS) is 17.1. The Morgan fingerprint density at radius 1 is 1.48 bits per heavy atom. The van der Waals surface area contributed by atoms with Crippen LogP contribution in [0.3, 0.4) is 0 Å². The predicted octanol–water partition coefficient (Wildman–Crippen LogP) is 2.93. The average molecular weight is 292 g/mol. The van der Waals surface area contributed by atoms with E-state index in [1.54, 1.807) is 13.2 Å².